The number of nitrogen functional groups attached to an aromatic ring is 1. The molecule has 0 amide bonds. The van der Waals surface area contributed by atoms with Gasteiger partial charge in [0.15, 0.2) is 0 Å². The molecule has 3 aromatic rings. The molecule has 1 nitrogen and oxygen atoms in total. The third kappa shape index (κ3) is 1.48. The van der Waals surface area contributed by atoms with E-state index in [0.29, 0.717) is 11.8 Å². The Morgan fingerprint density at radius 3 is 1.73 bits per heavy atom. The maximum Gasteiger partial charge on any atom is 0.0359 e. The Kier molecular flexibility index (Phi) is 2.51. The van der Waals surface area contributed by atoms with E-state index in [9.17, 15) is 0 Å². The van der Waals surface area contributed by atoms with E-state index in [2.05, 4.69) is 83.3 Å². The molecular formula is C20H14IN. The Morgan fingerprint density at radius 2 is 1.18 bits per heavy atom. The zero-order chi connectivity index (χ0) is 14.8. The molecule has 3 aromatic carbocycles. The first kappa shape index (κ1) is 12.7. The van der Waals surface area contributed by atoms with Gasteiger partial charge in [0, 0.05) is 21.1 Å². The molecule has 0 aliphatic heterocycles. The molecule has 2 N–H and O–H groups in total. The van der Waals surface area contributed by atoms with E-state index in [0.717, 1.165) is 5.69 Å². The van der Waals surface area contributed by atoms with Crippen LogP contribution in [0, 0.1) is 3.57 Å². The molecule has 0 saturated heterocycles. The molecule has 2 heteroatoms. The first-order chi connectivity index (χ1) is 10.8. The second kappa shape index (κ2) is 4.35. The van der Waals surface area contributed by atoms with Gasteiger partial charge in [0.2, 0.25) is 0 Å². The predicted molar refractivity (Wildman–Crippen MR) is 98.3 cm³/mol. The van der Waals surface area contributed by atoms with Crippen molar-refractivity contribution in [3.63, 3.8) is 0 Å². The van der Waals surface area contributed by atoms with Crippen molar-refractivity contribution < 1.29 is 0 Å². The summed E-state index contributed by atoms with van der Waals surface area (Å²) < 4.78 is 1.28. The highest BCUT2D eigenvalue weighted by Crippen LogP contribution is 2.56. The summed E-state index contributed by atoms with van der Waals surface area (Å²) in [6, 6.07) is 22.0. The fourth-order valence-corrected chi connectivity index (χ4v) is 5.24. The maximum absolute atomic E-state index is 6.15. The molecule has 0 radical (unpaired) electrons. The highest BCUT2D eigenvalue weighted by atomic mass is 127. The third-order valence-electron chi connectivity index (χ3n) is 5.02. The smallest absolute Gasteiger partial charge is 0.0359 e. The van der Waals surface area contributed by atoms with Gasteiger partial charge in [-0.1, -0.05) is 48.5 Å². The van der Waals surface area contributed by atoms with Crippen molar-refractivity contribution in [2.75, 3.05) is 5.73 Å². The van der Waals surface area contributed by atoms with E-state index in [-0.39, 0.29) is 0 Å². The summed E-state index contributed by atoms with van der Waals surface area (Å²) in [5.41, 5.74) is 15.7. The number of benzene rings is 3. The number of rotatable bonds is 0. The third-order valence-corrected chi connectivity index (χ3v) is 5.91. The van der Waals surface area contributed by atoms with Gasteiger partial charge in [0.25, 0.3) is 0 Å². The van der Waals surface area contributed by atoms with Crippen LogP contribution in [-0.2, 0) is 0 Å². The van der Waals surface area contributed by atoms with Gasteiger partial charge in [-0.3, -0.25) is 0 Å². The molecule has 6 rings (SSSR count). The van der Waals surface area contributed by atoms with Gasteiger partial charge in [0.1, 0.15) is 0 Å². The molecule has 2 bridgehead atoms. The number of nitrogens with two attached hydrogens (primary N) is 1. The van der Waals surface area contributed by atoms with Crippen molar-refractivity contribution in [3.8, 4) is 0 Å². The molecule has 0 heterocycles. The Labute approximate surface area is 143 Å². The number of halogens is 1. The first-order valence-electron chi connectivity index (χ1n) is 7.52. The fraction of sp³-hybridized carbons (Fsp3) is 0.100. The fourth-order valence-electron chi connectivity index (χ4n) is 4.26. The molecule has 106 valence electrons. The summed E-state index contributed by atoms with van der Waals surface area (Å²) in [6.45, 7) is 0. The minimum atomic E-state index is 0.324. The highest BCUT2D eigenvalue weighted by Gasteiger charge is 2.41. The van der Waals surface area contributed by atoms with Crippen LogP contribution in [0.4, 0.5) is 5.69 Å². The first-order valence-corrected chi connectivity index (χ1v) is 8.60. The van der Waals surface area contributed by atoms with Gasteiger partial charge in [-0.25, -0.2) is 0 Å². The maximum atomic E-state index is 6.15. The van der Waals surface area contributed by atoms with Crippen molar-refractivity contribution in [2.45, 2.75) is 11.8 Å². The Bertz CT molecular complexity index is 881. The molecule has 0 fully saturated rings. The Hall–Kier alpha value is -1.81. The van der Waals surface area contributed by atoms with Crippen LogP contribution in [0.3, 0.4) is 0 Å². The van der Waals surface area contributed by atoms with Gasteiger partial charge in [-0.05, 0) is 68.1 Å². The predicted octanol–water partition coefficient (Wildman–Crippen LogP) is 4.86. The largest absolute Gasteiger partial charge is 0.399 e. The van der Waals surface area contributed by atoms with Crippen LogP contribution in [0.15, 0.2) is 60.7 Å². The van der Waals surface area contributed by atoms with Gasteiger partial charge < -0.3 is 5.73 Å². The van der Waals surface area contributed by atoms with E-state index in [4.69, 9.17) is 5.73 Å². The summed E-state index contributed by atoms with van der Waals surface area (Å²) in [5, 5.41) is 0. The number of hydrogen-bond donors (Lipinski definition) is 1. The second-order valence-corrected chi connectivity index (χ2v) is 7.29. The van der Waals surface area contributed by atoms with Crippen molar-refractivity contribution in [3.05, 3.63) is 97.6 Å². The quantitative estimate of drug-likeness (QED) is 0.294. The van der Waals surface area contributed by atoms with E-state index in [1.54, 1.807) is 0 Å². The Morgan fingerprint density at radius 1 is 0.682 bits per heavy atom. The normalized spacial score (nSPS) is 20.2. The molecule has 0 unspecified atom stereocenters. The van der Waals surface area contributed by atoms with E-state index in [1.165, 1.54) is 37.0 Å². The minimum absolute atomic E-state index is 0.324. The topological polar surface area (TPSA) is 26.0 Å². The monoisotopic (exact) mass is 395 g/mol. The molecule has 0 spiro atoms. The van der Waals surface area contributed by atoms with Gasteiger partial charge >= 0.3 is 0 Å². The lowest BCUT2D eigenvalue weighted by molar-refractivity contribution is 0.751. The van der Waals surface area contributed by atoms with Gasteiger partial charge in [0.05, 0.1) is 0 Å². The standard InChI is InChI=1S/C20H14IN/c21-17-10-11(22)9-16-18-12-5-1-3-7-14(12)19(20(16)17)15-8-4-2-6-13(15)18/h1-10,18-19H,22H2. The molecule has 3 aliphatic carbocycles. The van der Waals surface area contributed by atoms with Crippen LogP contribution in [0.5, 0.6) is 0 Å². The van der Waals surface area contributed by atoms with Crippen LogP contribution >= 0.6 is 22.6 Å². The lowest BCUT2D eigenvalue weighted by Crippen LogP contribution is -2.28. The van der Waals surface area contributed by atoms with E-state index >= 15 is 0 Å². The van der Waals surface area contributed by atoms with Crippen LogP contribution < -0.4 is 5.73 Å². The van der Waals surface area contributed by atoms with Crippen LogP contribution in [0.1, 0.15) is 45.2 Å². The molecule has 0 atom stereocenters. The second-order valence-electron chi connectivity index (χ2n) is 6.13. The van der Waals surface area contributed by atoms with Crippen LogP contribution in [0.2, 0.25) is 0 Å². The average molecular weight is 395 g/mol. The summed E-state index contributed by atoms with van der Waals surface area (Å²) in [7, 11) is 0. The lowest BCUT2D eigenvalue weighted by atomic mass is 9.61. The minimum Gasteiger partial charge on any atom is -0.399 e. The molecule has 0 saturated carbocycles. The number of hydrogen-bond acceptors (Lipinski definition) is 1. The van der Waals surface area contributed by atoms with Crippen LogP contribution in [0.25, 0.3) is 0 Å². The summed E-state index contributed by atoms with van der Waals surface area (Å²) >= 11 is 2.45. The molecule has 3 aliphatic rings. The molecule has 0 aromatic heterocycles. The van der Waals surface area contributed by atoms with Crippen LogP contribution in [-0.4, -0.2) is 0 Å². The van der Waals surface area contributed by atoms with Crippen molar-refractivity contribution in [1.82, 2.24) is 0 Å². The zero-order valence-corrected chi connectivity index (χ0v) is 14.0. The van der Waals surface area contributed by atoms with Crippen molar-refractivity contribution in [1.29, 1.82) is 0 Å². The summed E-state index contributed by atoms with van der Waals surface area (Å²) in [4.78, 5) is 0. The highest BCUT2D eigenvalue weighted by molar-refractivity contribution is 14.1. The Balaban J connectivity index is 1.94. The van der Waals surface area contributed by atoms with Crippen molar-refractivity contribution in [2.24, 2.45) is 0 Å². The van der Waals surface area contributed by atoms with E-state index in [1.807, 2.05) is 0 Å². The molecule has 22 heavy (non-hydrogen) atoms. The summed E-state index contributed by atoms with van der Waals surface area (Å²) in [5.74, 6) is 0.671. The summed E-state index contributed by atoms with van der Waals surface area (Å²) in [6.07, 6.45) is 0. The van der Waals surface area contributed by atoms with Gasteiger partial charge in [-0.2, -0.15) is 0 Å². The molecular weight excluding hydrogens is 381 g/mol. The SMILES string of the molecule is Nc1cc(I)c2c(c1)C1c3ccccc3C2c2ccccc21. The average Bonchev–Trinajstić information content (AvgIpc) is 2.54. The van der Waals surface area contributed by atoms with E-state index < -0.39 is 0 Å². The number of anilines is 1. The van der Waals surface area contributed by atoms with Crippen molar-refractivity contribution >= 4 is 28.3 Å². The lowest BCUT2D eigenvalue weighted by Gasteiger charge is -2.42. The zero-order valence-electron chi connectivity index (χ0n) is 11.9. The van der Waals surface area contributed by atoms with Gasteiger partial charge in [-0.15, -0.1) is 0 Å².